The molecule has 102 valence electrons. The van der Waals surface area contributed by atoms with Crippen molar-refractivity contribution in [2.75, 3.05) is 19.8 Å². The molecule has 0 aliphatic carbocycles. The van der Waals surface area contributed by atoms with Crippen molar-refractivity contribution in [2.24, 2.45) is 0 Å². The van der Waals surface area contributed by atoms with Gasteiger partial charge >= 0.3 is 6.16 Å². The summed E-state index contributed by atoms with van der Waals surface area (Å²) in [4.78, 5) is 10.2. The second-order valence-corrected chi connectivity index (χ2v) is 3.98. The van der Waals surface area contributed by atoms with E-state index in [2.05, 4.69) is 11.7 Å². The van der Waals surface area contributed by atoms with Gasteiger partial charge in [-0.1, -0.05) is 20.3 Å². The first kappa shape index (κ1) is 16.2. The van der Waals surface area contributed by atoms with Crippen molar-refractivity contribution in [2.45, 2.75) is 52.2 Å². The van der Waals surface area contributed by atoms with Crippen molar-refractivity contribution >= 4 is 6.16 Å². The molecule has 2 atom stereocenters. The second-order valence-electron chi connectivity index (χ2n) is 3.98. The first-order chi connectivity index (χ1) is 8.10. The molecule has 0 aromatic rings. The number of unbranched alkanes of at least 4 members (excludes halogenated alkanes) is 1. The lowest BCUT2D eigenvalue weighted by Crippen LogP contribution is -2.26. The summed E-state index contributed by atoms with van der Waals surface area (Å²) in [5, 5.41) is 8.33. The minimum absolute atomic E-state index is 0.0563. The van der Waals surface area contributed by atoms with Gasteiger partial charge in [0.15, 0.2) is 0 Å². The van der Waals surface area contributed by atoms with Crippen LogP contribution in [0.4, 0.5) is 4.79 Å². The topological polar surface area (TPSA) is 65.0 Å². The van der Waals surface area contributed by atoms with Gasteiger partial charge in [-0.3, -0.25) is 0 Å². The lowest BCUT2D eigenvalue weighted by atomic mass is 10.3. The summed E-state index contributed by atoms with van der Waals surface area (Å²) in [5.74, 6) is 0. The van der Waals surface area contributed by atoms with Gasteiger partial charge < -0.3 is 19.3 Å². The lowest BCUT2D eigenvalue weighted by molar-refractivity contribution is -0.0585. The number of rotatable bonds is 10. The van der Waals surface area contributed by atoms with Gasteiger partial charge in [-0.15, -0.1) is 0 Å². The van der Waals surface area contributed by atoms with E-state index in [9.17, 15) is 4.79 Å². The van der Waals surface area contributed by atoms with Crippen molar-refractivity contribution in [3.05, 3.63) is 0 Å². The van der Waals surface area contributed by atoms with Crippen LogP contribution in [0.1, 0.15) is 40.0 Å². The van der Waals surface area contributed by atoms with Crippen LogP contribution in [0, 0.1) is 0 Å². The number of carbonyl (C=O) groups is 1. The molecule has 0 fully saturated rings. The Kier molecular flexibility index (Phi) is 9.86. The Labute approximate surface area is 103 Å². The van der Waals surface area contributed by atoms with E-state index >= 15 is 0 Å². The van der Waals surface area contributed by atoms with E-state index in [1.54, 1.807) is 6.92 Å². The Balaban J connectivity index is 3.62. The van der Waals surface area contributed by atoms with Crippen LogP contribution >= 0.6 is 0 Å². The third kappa shape index (κ3) is 10.1. The molecule has 0 rings (SSSR count). The van der Waals surface area contributed by atoms with Crippen molar-refractivity contribution in [3.63, 3.8) is 0 Å². The second kappa shape index (κ2) is 10.4. The van der Waals surface area contributed by atoms with Gasteiger partial charge in [-0.25, -0.2) is 4.79 Å². The number of carboxylic acid groups (broad SMARTS) is 1. The van der Waals surface area contributed by atoms with Crippen LogP contribution < -0.4 is 0 Å². The Morgan fingerprint density at radius 2 is 1.94 bits per heavy atom. The highest BCUT2D eigenvalue weighted by Gasteiger charge is 2.11. The standard InChI is InChI=1S/C12H24O5/c1-4-6-7-15-11(5-2)9-16-10(3)8-17-12(13)14/h10-11H,4-9H2,1-3H3,(H,13,14). The summed E-state index contributed by atoms with van der Waals surface area (Å²) in [7, 11) is 0. The van der Waals surface area contributed by atoms with Gasteiger partial charge in [-0.05, 0) is 19.8 Å². The highest BCUT2D eigenvalue weighted by molar-refractivity contribution is 5.56. The molecule has 0 amide bonds. The maximum Gasteiger partial charge on any atom is 0.505 e. The van der Waals surface area contributed by atoms with Crippen molar-refractivity contribution < 1.29 is 24.1 Å². The van der Waals surface area contributed by atoms with Crippen molar-refractivity contribution in [3.8, 4) is 0 Å². The molecular weight excluding hydrogens is 224 g/mol. The molecule has 0 heterocycles. The fraction of sp³-hybridized carbons (Fsp3) is 0.917. The zero-order valence-electron chi connectivity index (χ0n) is 11.0. The molecule has 0 bridgehead atoms. The maximum atomic E-state index is 10.2. The van der Waals surface area contributed by atoms with Gasteiger partial charge in [0.1, 0.15) is 6.61 Å². The third-order valence-corrected chi connectivity index (χ3v) is 2.31. The Bertz CT molecular complexity index is 195. The van der Waals surface area contributed by atoms with Crippen LogP contribution in [-0.2, 0) is 14.2 Å². The highest BCUT2D eigenvalue weighted by Crippen LogP contribution is 2.03. The summed E-state index contributed by atoms with van der Waals surface area (Å²) < 4.78 is 15.5. The molecule has 5 nitrogen and oxygen atoms in total. The van der Waals surface area contributed by atoms with Gasteiger partial charge in [0.05, 0.1) is 18.8 Å². The van der Waals surface area contributed by atoms with Crippen LogP contribution in [0.5, 0.6) is 0 Å². The minimum Gasteiger partial charge on any atom is -0.450 e. The Hall–Kier alpha value is -0.810. The quantitative estimate of drug-likeness (QED) is 0.475. The number of hydrogen-bond donors (Lipinski definition) is 1. The van der Waals surface area contributed by atoms with Gasteiger partial charge in [0.2, 0.25) is 0 Å². The fourth-order valence-electron chi connectivity index (χ4n) is 1.19. The summed E-state index contributed by atoms with van der Waals surface area (Å²) in [6.45, 7) is 7.22. The molecule has 0 saturated carbocycles. The van der Waals surface area contributed by atoms with E-state index < -0.39 is 6.16 Å². The molecule has 0 aliphatic rings. The SMILES string of the molecule is CCCCOC(CC)COC(C)COC(=O)O. The van der Waals surface area contributed by atoms with Gasteiger partial charge in [0.25, 0.3) is 0 Å². The maximum absolute atomic E-state index is 10.2. The lowest BCUT2D eigenvalue weighted by Gasteiger charge is -2.19. The zero-order valence-corrected chi connectivity index (χ0v) is 11.0. The Morgan fingerprint density at radius 1 is 1.24 bits per heavy atom. The van der Waals surface area contributed by atoms with E-state index in [1.165, 1.54) is 0 Å². The van der Waals surface area contributed by atoms with Gasteiger partial charge in [0, 0.05) is 6.61 Å². The smallest absolute Gasteiger partial charge is 0.450 e. The first-order valence-corrected chi connectivity index (χ1v) is 6.19. The summed E-state index contributed by atoms with van der Waals surface area (Å²) in [5.41, 5.74) is 0. The molecule has 0 aromatic carbocycles. The normalized spacial score (nSPS) is 14.3. The predicted molar refractivity (Wildman–Crippen MR) is 64.3 cm³/mol. The summed E-state index contributed by atoms with van der Waals surface area (Å²) in [6.07, 6.45) is 1.61. The Morgan fingerprint density at radius 3 is 2.47 bits per heavy atom. The fourth-order valence-corrected chi connectivity index (χ4v) is 1.19. The molecule has 0 radical (unpaired) electrons. The monoisotopic (exact) mass is 248 g/mol. The summed E-state index contributed by atoms with van der Waals surface area (Å²) in [6, 6.07) is 0. The number of ether oxygens (including phenoxy) is 3. The minimum atomic E-state index is -1.27. The van der Waals surface area contributed by atoms with Crippen LogP contribution in [-0.4, -0.2) is 43.3 Å². The van der Waals surface area contributed by atoms with E-state index in [0.29, 0.717) is 6.61 Å². The van der Waals surface area contributed by atoms with Crippen molar-refractivity contribution in [1.29, 1.82) is 0 Å². The molecule has 0 aliphatic heterocycles. The van der Waals surface area contributed by atoms with Crippen LogP contribution in [0.15, 0.2) is 0 Å². The van der Waals surface area contributed by atoms with Gasteiger partial charge in [-0.2, -0.15) is 0 Å². The number of hydrogen-bond acceptors (Lipinski definition) is 4. The molecule has 1 N–H and O–H groups in total. The average Bonchev–Trinajstić information content (AvgIpc) is 2.31. The molecule has 5 heteroatoms. The van der Waals surface area contributed by atoms with Crippen molar-refractivity contribution in [1.82, 2.24) is 0 Å². The highest BCUT2D eigenvalue weighted by atomic mass is 16.7. The van der Waals surface area contributed by atoms with E-state index in [4.69, 9.17) is 14.6 Å². The zero-order chi connectivity index (χ0) is 13.1. The first-order valence-electron chi connectivity index (χ1n) is 6.19. The van der Waals surface area contributed by atoms with E-state index in [0.717, 1.165) is 25.9 Å². The van der Waals surface area contributed by atoms with E-state index in [1.807, 2.05) is 6.92 Å². The molecular formula is C12H24O5. The largest absolute Gasteiger partial charge is 0.505 e. The van der Waals surface area contributed by atoms with Crippen LogP contribution in [0.3, 0.4) is 0 Å². The van der Waals surface area contributed by atoms with E-state index in [-0.39, 0.29) is 18.8 Å². The predicted octanol–water partition coefficient (Wildman–Crippen LogP) is 2.68. The molecule has 2 unspecified atom stereocenters. The molecule has 0 aromatic heterocycles. The van der Waals surface area contributed by atoms with Crippen LogP contribution in [0.25, 0.3) is 0 Å². The average molecular weight is 248 g/mol. The summed E-state index contributed by atoms with van der Waals surface area (Å²) >= 11 is 0. The molecule has 0 saturated heterocycles. The molecule has 0 spiro atoms. The third-order valence-electron chi connectivity index (χ3n) is 2.31. The molecule has 17 heavy (non-hydrogen) atoms. The van der Waals surface area contributed by atoms with Crippen LogP contribution in [0.2, 0.25) is 0 Å².